The number of sulfonamides is 1. The van der Waals surface area contributed by atoms with E-state index in [-0.39, 0.29) is 14.9 Å². The van der Waals surface area contributed by atoms with Crippen molar-refractivity contribution in [3.05, 3.63) is 64.1 Å². The van der Waals surface area contributed by atoms with Crippen LogP contribution in [-0.2, 0) is 15.8 Å². The van der Waals surface area contributed by atoms with Gasteiger partial charge in [-0.05, 0) is 17.7 Å². The third kappa shape index (κ3) is 4.89. The summed E-state index contributed by atoms with van der Waals surface area (Å²) in [5.74, 6) is 1.51. The third-order valence-electron chi connectivity index (χ3n) is 2.84. The van der Waals surface area contributed by atoms with Gasteiger partial charge in [0.25, 0.3) is 0 Å². The Morgan fingerprint density at radius 3 is 2.23 bits per heavy atom. The first-order chi connectivity index (χ1) is 10.5. The van der Waals surface area contributed by atoms with Gasteiger partial charge >= 0.3 is 0 Å². The minimum absolute atomic E-state index is 0.0635. The van der Waals surface area contributed by atoms with Crippen LogP contribution >= 0.6 is 35.0 Å². The van der Waals surface area contributed by atoms with E-state index in [9.17, 15) is 8.42 Å². The standard InChI is InChI=1S/C15H15Cl2NO2S2/c16-13-7-4-8-14(17)15(13)22(19,20)18-9-10-21-11-12-5-2-1-3-6-12/h1-8,18H,9-11H2. The van der Waals surface area contributed by atoms with Crippen LogP contribution in [0.5, 0.6) is 0 Å². The van der Waals surface area contributed by atoms with Crippen LogP contribution < -0.4 is 4.72 Å². The predicted molar refractivity (Wildman–Crippen MR) is 94.3 cm³/mol. The Bertz CT molecular complexity index is 701. The van der Waals surface area contributed by atoms with Gasteiger partial charge in [-0.3, -0.25) is 0 Å². The van der Waals surface area contributed by atoms with E-state index in [1.807, 2.05) is 30.3 Å². The van der Waals surface area contributed by atoms with E-state index in [0.29, 0.717) is 12.3 Å². The van der Waals surface area contributed by atoms with Gasteiger partial charge in [-0.1, -0.05) is 59.6 Å². The van der Waals surface area contributed by atoms with Crippen molar-refractivity contribution in [2.45, 2.75) is 10.6 Å². The van der Waals surface area contributed by atoms with Crippen molar-refractivity contribution < 1.29 is 8.42 Å². The minimum atomic E-state index is -3.69. The average Bonchev–Trinajstić information content (AvgIpc) is 2.47. The molecule has 0 bridgehead atoms. The lowest BCUT2D eigenvalue weighted by Crippen LogP contribution is -2.26. The number of nitrogens with one attached hydrogen (secondary N) is 1. The van der Waals surface area contributed by atoms with Gasteiger partial charge in [0.05, 0.1) is 10.0 Å². The maximum absolute atomic E-state index is 12.2. The van der Waals surface area contributed by atoms with Crippen LogP contribution in [-0.4, -0.2) is 20.7 Å². The monoisotopic (exact) mass is 375 g/mol. The van der Waals surface area contributed by atoms with Gasteiger partial charge < -0.3 is 0 Å². The molecule has 0 aliphatic carbocycles. The van der Waals surface area contributed by atoms with E-state index in [0.717, 1.165) is 5.75 Å². The first-order valence-electron chi connectivity index (χ1n) is 6.56. The molecule has 7 heteroatoms. The summed E-state index contributed by atoms with van der Waals surface area (Å²) in [6.07, 6.45) is 0. The van der Waals surface area contributed by atoms with Gasteiger partial charge in [0.1, 0.15) is 4.90 Å². The SMILES string of the molecule is O=S(=O)(NCCSCc1ccccc1)c1c(Cl)cccc1Cl. The molecule has 0 radical (unpaired) electrons. The Hall–Kier alpha value is -0.720. The average molecular weight is 376 g/mol. The van der Waals surface area contributed by atoms with Gasteiger partial charge in [-0.15, -0.1) is 0 Å². The highest BCUT2D eigenvalue weighted by Gasteiger charge is 2.20. The number of hydrogen-bond acceptors (Lipinski definition) is 3. The zero-order valence-electron chi connectivity index (χ0n) is 11.6. The summed E-state index contributed by atoms with van der Waals surface area (Å²) in [5, 5.41) is 0.244. The third-order valence-corrected chi connectivity index (χ3v) is 6.28. The second-order valence-electron chi connectivity index (χ2n) is 4.49. The Balaban J connectivity index is 1.86. The highest BCUT2D eigenvalue weighted by molar-refractivity contribution is 7.98. The molecule has 0 saturated carbocycles. The van der Waals surface area contributed by atoms with Crippen LogP contribution in [0.25, 0.3) is 0 Å². The fourth-order valence-corrected chi connectivity index (χ4v) is 4.94. The fraction of sp³-hybridized carbons (Fsp3) is 0.200. The molecule has 22 heavy (non-hydrogen) atoms. The summed E-state index contributed by atoms with van der Waals surface area (Å²) >= 11 is 13.5. The number of hydrogen-bond donors (Lipinski definition) is 1. The highest BCUT2D eigenvalue weighted by Crippen LogP contribution is 2.28. The first-order valence-corrected chi connectivity index (χ1v) is 9.95. The quantitative estimate of drug-likeness (QED) is 0.737. The molecule has 0 aromatic heterocycles. The number of rotatable bonds is 7. The number of benzene rings is 2. The van der Waals surface area contributed by atoms with Crippen molar-refractivity contribution in [3.8, 4) is 0 Å². The maximum Gasteiger partial charge on any atom is 0.243 e. The molecule has 0 amide bonds. The number of halogens is 2. The van der Waals surface area contributed by atoms with E-state index < -0.39 is 10.0 Å². The van der Waals surface area contributed by atoms with Gasteiger partial charge in [0.2, 0.25) is 10.0 Å². The molecule has 118 valence electrons. The van der Waals surface area contributed by atoms with Crippen molar-refractivity contribution in [2.75, 3.05) is 12.3 Å². The van der Waals surface area contributed by atoms with Crippen molar-refractivity contribution >= 4 is 45.0 Å². The van der Waals surface area contributed by atoms with Gasteiger partial charge in [0.15, 0.2) is 0 Å². The van der Waals surface area contributed by atoms with Crippen molar-refractivity contribution in [3.63, 3.8) is 0 Å². The van der Waals surface area contributed by atoms with E-state index in [1.165, 1.54) is 17.7 Å². The minimum Gasteiger partial charge on any atom is -0.210 e. The molecule has 3 nitrogen and oxygen atoms in total. The zero-order chi connectivity index (χ0) is 16.0. The molecular weight excluding hydrogens is 361 g/mol. The van der Waals surface area contributed by atoms with E-state index in [1.54, 1.807) is 17.8 Å². The van der Waals surface area contributed by atoms with Crippen LogP contribution in [0.4, 0.5) is 0 Å². The Morgan fingerprint density at radius 2 is 1.59 bits per heavy atom. The summed E-state index contributed by atoms with van der Waals surface area (Å²) in [5.41, 5.74) is 1.21. The Kier molecular flexibility index (Phi) is 6.59. The Labute approximate surface area is 145 Å². The van der Waals surface area contributed by atoms with Crippen LogP contribution in [0.3, 0.4) is 0 Å². The topological polar surface area (TPSA) is 46.2 Å². The summed E-state index contributed by atoms with van der Waals surface area (Å²) in [6, 6.07) is 14.6. The summed E-state index contributed by atoms with van der Waals surface area (Å²) in [6.45, 7) is 0.321. The van der Waals surface area contributed by atoms with Crippen LogP contribution in [0.1, 0.15) is 5.56 Å². The number of thioether (sulfide) groups is 1. The molecule has 0 heterocycles. The van der Waals surface area contributed by atoms with Crippen LogP contribution in [0, 0.1) is 0 Å². The van der Waals surface area contributed by atoms with E-state index in [4.69, 9.17) is 23.2 Å². The van der Waals surface area contributed by atoms with E-state index >= 15 is 0 Å². The van der Waals surface area contributed by atoms with Gasteiger partial charge in [-0.25, -0.2) is 13.1 Å². The summed E-state index contributed by atoms with van der Waals surface area (Å²) in [7, 11) is -3.69. The molecule has 2 aromatic carbocycles. The highest BCUT2D eigenvalue weighted by atomic mass is 35.5. The Morgan fingerprint density at radius 1 is 0.955 bits per heavy atom. The molecule has 2 rings (SSSR count). The molecular formula is C15H15Cl2NO2S2. The molecule has 0 spiro atoms. The molecule has 0 saturated heterocycles. The molecule has 0 aliphatic rings. The van der Waals surface area contributed by atoms with E-state index in [2.05, 4.69) is 4.72 Å². The van der Waals surface area contributed by atoms with Crippen molar-refractivity contribution in [1.82, 2.24) is 4.72 Å². The molecule has 0 atom stereocenters. The predicted octanol–water partition coefficient (Wildman–Crippen LogP) is 4.21. The maximum atomic E-state index is 12.2. The summed E-state index contributed by atoms with van der Waals surface area (Å²) < 4.78 is 27.0. The molecule has 1 N–H and O–H groups in total. The lowest BCUT2D eigenvalue weighted by Gasteiger charge is -2.09. The van der Waals surface area contributed by atoms with Crippen molar-refractivity contribution in [2.24, 2.45) is 0 Å². The van der Waals surface area contributed by atoms with Gasteiger partial charge in [-0.2, -0.15) is 11.8 Å². The second kappa shape index (κ2) is 8.22. The largest absolute Gasteiger partial charge is 0.243 e. The molecule has 0 fully saturated rings. The normalized spacial score (nSPS) is 11.5. The first kappa shape index (κ1) is 17.6. The molecule has 0 unspecified atom stereocenters. The fourth-order valence-electron chi connectivity index (χ4n) is 1.82. The lowest BCUT2D eigenvalue weighted by atomic mass is 10.2. The smallest absolute Gasteiger partial charge is 0.210 e. The zero-order valence-corrected chi connectivity index (χ0v) is 14.8. The van der Waals surface area contributed by atoms with Gasteiger partial charge in [0, 0.05) is 18.1 Å². The lowest BCUT2D eigenvalue weighted by molar-refractivity contribution is 0.584. The molecule has 2 aromatic rings. The van der Waals surface area contributed by atoms with Crippen LogP contribution in [0.15, 0.2) is 53.4 Å². The second-order valence-corrected chi connectivity index (χ2v) is 8.11. The molecule has 0 aliphatic heterocycles. The van der Waals surface area contributed by atoms with Crippen molar-refractivity contribution in [1.29, 1.82) is 0 Å². The summed E-state index contributed by atoms with van der Waals surface area (Å²) in [4.78, 5) is -0.0635. The van der Waals surface area contributed by atoms with Crippen LogP contribution in [0.2, 0.25) is 10.0 Å².